The lowest BCUT2D eigenvalue weighted by atomic mass is 10.1. The van der Waals surface area contributed by atoms with E-state index in [9.17, 15) is 18.0 Å². The molecule has 0 bridgehead atoms. The van der Waals surface area contributed by atoms with Crippen LogP contribution >= 0.6 is 0 Å². The second-order valence-electron chi connectivity index (χ2n) is 6.73. The Bertz CT molecular complexity index is 1220. The van der Waals surface area contributed by atoms with Gasteiger partial charge in [-0.2, -0.15) is 0 Å². The van der Waals surface area contributed by atoms with E-state index in [1.54, 1.807) is 6.07 Å². The number of rotatable bonds is 7. The maximum absolute atomic E-state index is 12.8. The van der Waals surface area contributed by atoms with E-state index in [0.29, 0.717) is 17.6 Å². The lowest BCUT2D eigenvalue weighted by Gasteiger charge is -2.11. The SMILES string of the molecule is CCCOC(=O)Cn1c(=O)oc2cc(S(=O)(=O)Nc3ccc(C)cc3C)ccc21. The zero-order valence-corrected chi connectivity index (χ0v) is 17.2. The number of ether oxygens (including phenoxy) is 1. The molecule has 0 radical (unpaired) electrons. The van der Waals surface area contributed by atoms with Gasteiger partial charge >= 0.3 is 11.7 Å². The Balaban J connectivity index is 1.91. The molecule has 0 atom stereocenters. The monoisotopic (exact) mass is 418 g/mol. The van der Waals surface area contributed by atoms with Gasteiger partial charge in [-0.25, -0.2) is 13.2 Å². The Morgan fingerprint density at radius 3 is 2.62 bits per heavy atom. The van der Waals surface area contributed by atoms with Gasteiger partial charge in [0.05, 0.1) is 22.7 Å². The summed E-state index contributed by atoms with van der Waals surface area (Å²) in [6.45, 7) is 5.55. The number of aromatic nitrogens is 1. The van der Waals surface area contributed by atoms with Gasteiger partial charge in [0.2, 0.25) is 0 Å². The molecule has 0 aliphatic carbocycles. The van der Waals surface area contributed by atoms with Crippen LogP contribution in [0.15, 0.2) is 50.5 Å². The quantitative estimate of drug-likeness (QED) is 0.591. The van der Waals surface area contributed by atoms with Crippen LogP contribution in [0.5, 0.6) is 0 Å². The van der Waals surface area contributed by atoms with E-state index in [1.165, 1.54) is 18.2 Å². The number of benzene rings is 2. The summed E-state index contributed by atoms with van der Waals surface area (Å²) in [5.74, 6) is -1.32. The largest absolute Gasteiger partial charge is 0.464 e. The van der Waals surface area contributed by atoms with Gasteiger partial charge in [-0.05, 0) is 44.0 Å². The molecule has 2 aromatic carbocycles. The molecule has 1 aromatic heterocycles. The first-order valence-electron chi connectivity index (χ1n) is 9.10. The number of nitrogens with zero attached hydrogens (tertiary/aromatic N) is 1. The predicted molar refractivity (Wildman–Crippen MR) is 108 cm³/mol. The Kier molecular flexibility index (Phi) is 5.78. The van der Waals surface area contributed by atoms with Crippen molar-refractivity contribution in [2.24, 2.45) is 0 Å². The molecule has 8 nitrogen and oxygen atoms in total. The van der Waals surface area contributed by atoms with Gasteiger partial charge in [0, 0.05) is 6.07 Å². The first-order valence-corrected chi connectivity index (χ1v) is 10.6. The average Bonchev–Trinajstić information content (AvgIpc) is 2.97. The highest BCUT2D eigenvalue weighted by Gasteiger charge is 2.19. The molecule has 0 saturated heterocycles. The summed E-state index contributed by atoms with van der Waals surface area (Å²) in [4.78, 5) is 23.9. The summed E-state index contributed by atoms with van der Waals surface area (Å²) in [5.41, 5.74) is 2.66. The first-order chi connectivity index (χ1) is 13.7. The maximum Gasteiger partial charge on any atom is 0.420 e. The van der Waals surface area contributed by atoms with Gasteiger partial charge < -0.3 is 9.15 Å². The summed E-state index contributed by atoms with van der Waals surface area (Å²) >= 11 is 0. The van der Waals surface area contributed by atoms with Crippen molar-refractivity contribution in [3.05, 3.63) is 58.1 Å². The van der Waals surface area contributed by atoms with E-state index >= 15 is 0 Å². The van der Waals surface area contributed by atoms with Crippen molar-refractivity contribution in [3.63, 3.8) is 0 Å². The van der Waals surface area contributed by atoms with Crippen LogP contribution in [0.2, 0.25) is 0 Å². The van der Waals surface area contributed by atoms with E-state index in [4.69, 9.17) is 9.15 Å². The number of hydrogen-bond acceptors (Lipinski definition) is 6. The van der Waals surface area contributed by atoms with Crippen LogP contribution < -0.4 is 10.5 Å². The highest BCUT2D eigenvalue weighted by molar-refractivity contribution is 7.92. The molecule has 0 amide bonds. The second-order valence-corrected chi connectivity index (χ2v) is 8.41. The Labute approximate surface area is 168 Å². The normalized spacial score (nSPS) is 11.6. The van der Waals surface area contributed by atoms with Crippen molar-refractivity contribution in [1.29, 1.82) is 0 Å². The number of hydrogen-bond donors (Lipinski definition) is 1. The summed E-state index contributed by atoms with van der Waals surface area (Å²) in [7, 11) is -3.89. The van der Waals surface area contributed by atoms with Crippen molar-refractivity contribution >= 4 is 32.8 Å². The number of carbonyl (C=O) groups is 1. The standard InChI is InChI=1S/C20H22N2O6S/c1-4-9-27-19(23)12-22-17-8-6-15(11-18(17)28-20(22)24)29(25,26)21-16-7-5-13(2)10-14(16)3/h5-8,10-11,21H,4,9,12H2,1-3H3. The molecule has 0 fully saturated rings. The number of anilines is 1. The van der Waals surface area contributed by atoms with Crippen molar-refractivity contribution in [3.8, 4) is 0 Å². The van der Waals surface area contributed by atoms with Crippen LogP contribution in [0, 0.1) is 13.8 Å². The fourth-order valence-electron chi connectivity index (χ4n) is 2.89. The maximum atomic E-state index is 12.8. The summed E-state index contributed by atoms with van der Waals surface area (Å²) < 4.78 is 39.3. The van der Waals surface area contributed by atoms with Crippen LogP contribution in [0.3, 0.4) is 0 Å². The molecule has 0 aliphatic heterocycles. The van der Waals surface area contributed by atoms with Gasteiger partial charge in [0.25, 0.3) is 10.0 Å². The molecule has 0 aliphatic rings. The highest BCUT2D eigenvalue weighted by atomic mass is 32.2. The Hall–Kier alpha value is -3.07. The van der Waals surface area contributed by atoms with E-state index in [1.807, 2.05) is 32.9 Å². The summed E-state index contributed by atoms with van der Waals surface area (Å²) in [6.07, 6.45) is 0.668. The predicted octanol–water partition coefficient (Wildman–Crippen LogP) is 2.97. The smallest absolute Gasteiger partial charge is 0.420 e. The molecule has 1 N–H and O–H groups in total. The zero-order chi connectivity index (χ0) is 21.2. The van der Waals surface area contributed by atoms with E-state index < -0.39 is 21.7 Å². The molecule has 3 rings (SSSR count). The average molecular weight is 418 g/mol. The molecule has 29 heavy (non-hydrogen) atoms. The zero-order valence-electron chi connectivity index (χ0n) is 16.4. The molecular formula is C20H22N2O6S. The van der Waals surface area contributed by atoms with Crippen molar-refractivity contribution in [2.45, 2.75) is 38.6 Å². The lowest BCUT2D eigenvalue weighted by Crippen LogP contribution is -2.21. The molecule has 3 aromatic rings. The number of fused-ring (bicyclic) bond motifs is 1. The van der Waals surface area contributed by atoms with E-state index in [0.717, 1.165) is 15.7 Å². The van der Waals surface area contributed by atoms with Crippen molar-refractivity contribution < 1.29 is 22.4 Å². The third-order valence-corrected chi connectivity index (χ3v) is 5.69. The van der Waals surface area contributed by atoms with E-state index in [-0.39, 0.29) is 23.6 Å². The fourth-order valence-corrected chi connectivity index (χ4v) is 4.03. The van der Waals surface area contributed by atoms with Crippen LogP contribution in [0.4, 0.5) is 5.69 Å². The summed E-state index contributed by atoms with van der Waals surface area (Å²) in [6, 6.07) is 9.43. The van der Waals surface area contributed by atoms with Crippen molar-refractivity contribution in [2.75, 3.05) is 11.3 Å². The van der Waals surface area contributed by atoms with Gasteiger partial charge in [-0.3, -0.25) is 14.1 Å². The number of oxazole rings is 1. The third kappa shape index (κ3) is 4.51. The van der Waals surface area contributed by atoms with Gasteiger partial charge in [-0.15, -0.1) is 0 Å². The lowest BCUT2D eigenvalue weighted by molar-refractivity contribution is -0.144. The number of nitrogens with one attached hydrogen (secondary N) is 1. The Morgan fingerprint density at radius 2 is 1.93 bits per heavy atom. The fraction of sp³-hybridized carbons (Fsp3) is 0.300. The molecule has 154 valence electrons. The number of carbonyl (C=O) groups excluding carboxylic acids is 1. The summed E-state index contributed by atoms with van der Waals surface area (Å²) in [5, 5.41) is 0. The van der Waals surface area contributed by atoms with Crippen LogP contribution in [-0.2, 0) is 26.1 Å². The topological polar surface area (TPSA) is 108 Å². The van der Waals surface area contributed by atoms with Crippen LogP contribution in [0.25, 0.3) is 11.1 Å². The minimum Gasteiger partial charge on any atom is -0.464 e. The first kappa shape index (κ1) is 20.7. The minimum absolute atomic E-state index is 0.0561. The molecule has 0 saturated carbocycles. The molecule has 0 spiro atoms. The minimum atomic E-state index is -3.89. The van der Waals surface area contributed by atoms with Crippen LogP contribution in [0.1, 0.15) is 24.5 Å². The highest BCUT2D eigenvalue weighted by Crippen LogP contribution is 2.23. The number of aryl methyl sites for hydroxylation is 2. The van der Waals surface area contributed by atoms with E-state index in [2.05, 4.69) is 4.72 Å². The third-order valence-electron chi connectivity index (χ3n) is 4.33. The van der Waals surface area contributed by atoms with Gasteiger partial charge in [-0.1, -0.05) is 24.6 Å². The van der Waals surface area contributed by atoms with Crippen molar-refractivity contribution in [1.82, 2.24) is 4.57 Å². The number of esters is 1. The van der Waals surface area contributed by atoms with Gasteiger partial charge in [0.15, 0.2) is 5.58 Å². The molecule has 0 unspecified atom stereocenters. The Morgan fingerprint density at radius 1 is 1.17 bits per heavy atom. The second kappa shape index (κ2) is 8.12. The molecule has 9 heteroatoms. The van der Waals surface area contributed by atoms with Gasteiger partial charge in [0.1, 0.15) is 6.54 Å². The van der Waals surface area contributed by atoms with Crippen LogP contribution in [-0.4, -0.2) is 25.6 Å². The molecular weight excluding hydrogens is 396 g/mol. The number of sulfonamides is 1. The molecule has 1 heterocycles.